The number of nitrogens with one attached hydrogen (secondary N) is 2. The summed E-state index contributed by atoms with van der Waals surface area (Å²) in [7, 11) is 0. The van der Waals surface area contributed by atoms with E-state index in [0.717, 1.165) is 57.2 Å². The van der Waals surface area contributed by atoms with Gasteiger partial charge in [0.15, 0.2) is 0 Å². The molecule has 8 heteroatoms. The van der Waals surface area contributed by atoms with Gasteiger partial charge in [0.05, 0.1) is 23.8 Å². The van der Waals surface area contributed by atoms with Crippen molar-refractivity contribution in [1.29, 1.82) is 0 Å². The number of halogens is 4. The number of fused-ring (bicyclic) bond motifs is 3. The predicted octanol–water partition coefficient (Wildman–Crippen LogP) is 4.75. The topological polar surface area (TPSA) is 36.5 Å². The lowest BCUT2D eigenvalue weighted by molar-refractivity contribution is -0.138. The molecule has 2 aromatic carbocycles. The minimum Gasteiger partial charge on any atom is -0.378 e. The smallest absolute Gasteiger partial charge is 0.378 e. The normalized spacial score (nSPS) is 28.5. The van der Waals surface area contributed by atoms with Crippen molar-refractivity contribution in [2.24, 2.45) is 5.92 Å². The van der Waals surface area contributed by atoms with Crippen LogP contribution >= 0.6 is 0 Å². The fourth-order valence-corrected chi connectivity index (χ4v) is 5.25. The zero-order chi connectivity index (χ0) is 22.3. The van der Waals surface area contributed by atoms with Crippen molar-refractivity contribution in [1.82, 2.24) is 10.2 Å². The number of alkyl halides is 3. The molecule has 2 aromatic rings. The van der Waals surface area contributed by atoms with Crippen molar-refractivity contribution in [2.45, 2.75) is 37.3 Å². The lowest BCUT2D eigenvalue weighted by atomic mass is 9.76. The van der Waals surface area contributed by atoms with Crippen LogP contribution in [0.1, 0.15) is 41.7 Å². The van der Waals surface area contributed by atoms with Crippen LogP contribution in [0.4, 0.5) is 23.2 Å². The van der Waals surface area contributed by atoms with E-state index in [1.165, 1.54) is 24.3 Å². The molecule has 0 aliphatic carbocycles. The summed E-state index contributed by atoms with van der Waals surface area (Å²) < 4.78 is 60.3. The molecular weight excluding hydrogens is 422 g/mol. The van der Waals surface area contributed by atoms with E-state index in [4.69, 9.17) is 4.74 Å². The van der Waals surface area contributed by atoms with Crippen LogP contribution in [0.3, 0.4) is 0 Å². The Bertz CT molecular complexity index is 943. The maximum atomic E-state index is 13.5. The van der Waals surface area contributed by atoms with Crippen LogP contribution in [0.15, 0.2) is 42.5 Å². The molecule has 0 saturated carbocycles. The van der Waals surface area contributed by atoms with E-state index in [1.54, 1.807) is 12.1 Å². The van der Waals surface area contributed by atoms with Crippen LogP contribution in [-0.2, 0) is 10.9 Å². The molecule has 0 bridgehead atoms. The van der Waals surface area contributed by atoms with Crippen LogP contribution in [0, 0.1) is 11.7 Å². The van der Waals surface area contributed by atoms with Gasteiger partial charge in [-0.15, -0.1) is 0 Å². The maximum Gasteiger partial charge on any atom is 0.416 e. The van der Waals surface area contributed by atoms with Gasteiger partial charge in [-0.05, 0) is 48.7 Å². The monoisotopic (exact) mass is 449 g/mol. The number of ether oxygens (including phenoxy) is 1. The molecule has 4 nitrogen and oxygen atoms in total. The Labute approximate surface area is 184 Å². The van der Waals surface area contributed by atoms with Gasteiger partial charge in [-0.25, -0.2) is 4.39 Å². The maximum absolute atomic E-state index is 13.5. The number of piperazine rings is 1. The molecule has 3 heterocycles. The quantitative estimate of drug-likeness (QED) is 0.663. The zero-order valence-electron chi connectivity index (χ0n) is 17.7. The molecule has 0 aromatic heterocycles. The number of anilines is 1. The van der Waals surface area contributed by atoms with Crippen molar-refractivity contribution in [2.75, 3.05) is 38.0 Å². The molecule has 0 unspecified atom stereocenters. The van der Waals surface area contributed by atoms with E-state index < -0.39 is 17.8 Å². The number of benzene rings is 2. The van der Waals surface area contributed by atoms with Crippen LogP contribution in [0.5, 0.6) is 0 Å². The van der Waals surface area contributed by atoms with Gasteiger partial charge in [0, 0.05) is 49.9 Å². The summed E-state index contributed by atoms with van der Waals surface area (Å²) in [6.45, 7) is 4.55. The fraction of sp³-hybridized carbons (Fsp3) is 0.500. The zero-order valence-corrected chi connectivity index (χ0v) is 17.7. The molecule has 2 N–H and O–H groups in total. The molecule has 3 aliphatic rings. The fourth-order valence-electron chi connectivity index (χ4n) is 5.25. The Balaban J connectivity index is 1.46. The molecule has 3 aliphatic heterocycles. The van der Waals surface area contributed by atoms with E-state index in [9.17, 15) is 17.6 Å². The molecule has 4 atom stereocenters. The Morgan fingerprint density at radius 3 is 2.47 bits per heavy atom. The van der Waals surface area contributed by atoms with Crippen LogP contribution in [0.2, 0.25) is 0 Å². The Kier molecular flexibility index (Phi) is 5.86. The largest absolute Gasteiger partial charge is 0.416 e. The number of hydrogen-bond donors (Lipinski definition) is 2. The highest BCUT2D eigenvalue weighted by atomic mass is 19.4. The molecule has 2 saturated heterocycles. The standard InChI is InChI=1S/C24H27F4N3O/c25-17-4-1-15(2-5-17)22-19-7-6-18(14-31-11-9-29-10-12-31)32-23(19)20-13-16(24(26,27)28)3-8-21(20)30-22/h1-5,8,13,18-19,22-23,29-30H,6-7,9-12,14H2/t18-,19+,22+,23+/m1/s1. The van der Waals surface area contributed by atoms with Crippen molar-refractivity contribution < 1.29 is 22.3 Å². The number of nitrogens with zero attached hydrogens (tertiary/aromatic N) is 1. The minimum absolute atomic E-state index is 0.0243. The van der Waals surface area contributed by atoms with Crippen molar-refractivity contribution in [3.8, 4) is 0 Å². The van der Waals surface area contributed by atoms with Gasteiger partial charge in [-0.2, -0.15) is 13.2 Å². The summed E-state index contributed by atoms with van der Waals surface area (Å²) in [5.74, 6) is -0.344. The third-order valence-electron chi connectivity index (χ3n) is 6.88. The average Bonchev–Trinajstić information content (AvgIpc) is 2.79. The lowest BCUT2D eigenvalue weighted by Crippen LogP contribution is -2.48. The third kappa shape index (κ3) is 4.36. The van der Waals surface area contributed by atoms with Crippen LogP contribution < -0.4 is 10.6 Å². The van der Waals surface area contributed by atoms with E-state index in [1.807, 2.05) is 0 Å². The van der Waals surface area contributed by atoms with Crippen molar-refractivity contribution >= 4 is 5.69 Å². The first-order chi connectivity index (χ1) is 15.4. The van der Waals surface area contributed by atoms with E-state index in [-0.39, 0.29) is 23.9 Å². The molecule has 0 radical (unpaired) electrons. The molecule has 5 rings (SSSR count). The van der Waals surface area contributed by atoms with E-state index in [0.29, 0.717) is 11.3 Å². The van der Waals surface area contributed by atoms with Gasteiger partial charge < -0.3 is 15.4 Å². The molecular formula is C24H27F4N3O. The van der Waals surface area contributed by atoms with Crippen LogP contribution in [-0.4, -0.2) is 43.7 Å². The van der Waals surface area contributed by atoms with Crippen molar-refractivity contribution in [3.05, 3.63) is 65.0 Å². The first kappa shape index (κ1) is 21.7. The van der Waals surface area contributed by atoms with Gasteiger partial charge in [0.25, 0.3) is 0 Å². The average molecular weight is 449 g/mol. The summed E-state index contributed by atoms with van der Waals surface area (Å²) in [4.78, 5) is 2.35. The highest BCUT2D eigenvalue weighted by Crippen LogP contribution is 2.51. The summed E-state index contributed by atoms with van der Waals surface area (Å²) in [6, 6.07) is 10.0. The van der Waals surface area contributed by atoms with Gasteiger partial charge in [-0.1, -0.05) is 12.1 Å². The van der Waals surface area contributed by atoms with Gasteiger partial charge in [-0.3, -0.25) is 4.90 Å². The Morgan fingerprint density at radius 2 is 1.75 bits per heavy atom. The van der Waals surface area contributed by atoms with E-state index in [2.05, 4.69) is 15.5 Å². The third-order valence-corrected chi connectivity index (χ3v) is 6.88. The summed E-state index contributed by atoms with van der Waals surface area (Å²) >= 11 is 0. The van der Waals surface area contributed by atoms with Crippen LogP contribution in [0.25, 0.3) is 0 Å². The second-order valence-corrected chi connectivity index (χ2v) is 8.94. The second kappa shape index (κ2) is 8.65. The first-order valence-electron chi connectivity index (χ1n) is 11.2. The number of hydrogen-bond acceptors (Lipinski definition) is 4. The summed E-state index contributed by atoms with van der Waals surface area (Å²) in [5.41, 5.74) is 1.46. The molecule has 0 spiro atoms. The van der Waals surface area contributed by atoms with E-state index >= 15 is 0 Å². The SMILES string of the molecule is Fc1ccc([C@@H]2Nc3ccc(C(F)(F)F)cc3[C@H]3O[C@@H](CN4CCNCC4)CC[C@H]32)cc1. The van der Waals surface area contributed by atoms with Gasteiger partial charge >= 0.3 is 6.18 Å². The highest BCUT2D eigenvalue weighted by molar-refractivity contribution is 5.58. The molecule has 172 valence electrons. The highest BCUT2D eigenvalue weighted by Gasteiger charge is 2.43. The summed E-state index contributed by atoms with van der Waals surface area (Å²) in [5, 5.41) is 6.75. The molecule has 0 amide bonds. The van der Waals surface area contributed by atoms with Gasteiger partial charge in [0.2, 0.25) is 0 Å². The Hall–Kier alpha value is -2.16. The Morgan fingerprint density at radius 1 is 1.00 bits per heavy atom. The van der Waals surface area contributed by atoms with Crippen molar-refractivity contribution in [3.63, 3.8) is 0 Å². The molecule has 32 heavy (non-hydrogen) atoms. The minimum atomic E-state index is -4.41. The second-order valence-electron chi connectivity index (χ2n) is 8.94. The lowest BCUT2D eigenvalue weighted by Gasteiger charge is -2.46. The number of rotatable bonds is 3. The predicted molar refractivity (Wildman–Crippen MR) is 114 cm³/mol. The summed E-state index contributed by atoms with van der Waals surface area (Å²) in [6.07, 6.45) is -3.20. The first-order valence-corrected chi connectivity index (χ1v) is 11.2. The molecule has 2 fully saturated rings. The van der Waals surface area contributed by atoms with Gasteiger partial charge in [0.1, 0.15) is 5.82 Å².